The molecule has 23 heavy (non-hydrogen) atoms. The number of carbonyl (C=O) groups is 2. The number of carboxylic acids is 1. The Morgan fingerprint density at radius 2 is 1.91 bits per heavy atom. The number of halogens is 2. The van der Waals surface area contributed by atoms with E-state index in [0.717, 1.165) is 0 Å². The fraction of sp³-hybridized carbons (Fsp3) is 0.312. The molecule has 122 valence electrons. The van der Waals surface area contributed by atoms with E-state index < -0.39 is 23.8 Å². The summed E-state index contributed by atoms with van der Waals surface area (Å²) in [5.74, 6) is -3.96. The van der Waals surface area contributed by atoms with Crippen LogP contribution in [0, 0.1) is 5.92 Å². The Balaban J connectivity index is 2.72. The van der Waals surface area contributed by atoms with Crippen LogP contribution in [0.15, 0.2) is 34.5 Å². The summed E-state index contributed by atoms with van der Waals surface area (Å²) in [5.41, 5.74) is 1.34. The van der Waals surface area contributed by atoms with E-state index >= 15 is 0 Å². The van der Waals surface area contributed by atoms with Gasteiger partial charge in [0.2, 0.25) is 0 Å². The number of carbonyl (C=O) groups excluding carboxylic acids is 2. The maximum atomic E-state index is 12.2. The van der Waals surface area contributed by atoms with E-state index in [1.165, 1.54) is 13.2 Å². The van der Waals surface area contributed by atoms with Crippen LogP contribution in [0.2, 0.25) is 10.0 Å². The number of rotatable bonds is 3. The van der Waals surface area contributed by atoms with Gasteiger partial charge in [-0.15, -0.1) is 0 Å². The minimum absolute atomic E-state index is 0.150. The summed E-state index contributed by atoms with van der Waals surface area (Å²) in [4.78, 5) is 28.0. The van der Waals surface area contributed by atoms with Crippen molar-refractivity contribution in [2.45, 2.75) is 19.8 Å². The van der Waals surface area contributed by atoms with E-state index in [0.29, 0.717) is 22.0 Å². The minimum Gasteiger partial charge on any atom is -0.549 e. The lowest BCUT2D eigenvalue weighted by molar-refractivity contribution is -0.309. The molecule has 1 aliphatic heterocycles. The Morgan fingerprint density at radius 1 is 1.26 bits per heavy atom. The van der Waals surface area contributed by atoms with Gasteiger partial charge in [-0.1, -0.05) is 29.3 Å². The van der Waals surface area contributed by atoms with Gasteiger partial charge < -0.3 is 14.6 Å². The maximum absolute atomic E-state index is 12.2. The molecule has 0 amide bonds. The van der Waals surface area contributed by atoms with Gasteiger partial charge in [0.1, 0.15) is 0 Å². The van der Waals surface area contributed by atoms with Crippen molar-refractivity contribution in [3.05, 3.63) is 45.1 Å². The van der Waals surface area contributed by atoms with Gasteiger partial charge in [0.05, 0.1) is 18.7 Å². The number of aliphatic carboxylic acids is 1. The van der Waals surface area contributed by atoms with Crippen molar-refractivity contribution < 1.29 is 19.4 Å². The van der Waals surface area contributed by atoms with Gasteiger partial charge in [-0.3, -0.25) is 4.99 Å². The van der Waals surface area contributed by atoms with Crippen molar-refractivity contribution in [1.29, 1.82) is 0 Å². The van der Waals surface area contributed by atoms with Crippen molar-refractivity contribution in [2.75, 3.05) is 7.11 Å². The number of esters is 1. The highest BCUT2D eigenvalue weighted by Gasteiger charge is 2.39. The van der Waals surface area contributed by atoms with Crippen LogP contribution in [0.5, 0.6) is 0 Å². The van der Waals surface area contributed by atoms with Crippen LogP contribution in [-0.4, -0.2) is 24.8 Å². The van der Waals surface area contributed by atoms with E-state index in [1.807, 2.05) is 0 Å². The van der Waals surface area contributed by atoms with Gasteiger partial charge in [0.25, 0.3) is 0 Å². The van der Waals surface area contributed by atoms with Gasteiger partial charge in [0.15, 0.2) is 0 Å². The molecule has 7 heteroatoms. The second-order valence-electron chi connectivity index (χ2n) is 5.18. The Labute approximate surface area is 143 Å². The third-order valence-corrected chi connectivity index (χ3v) is 4.35. The number of allylic oxidation sites excluding steroid dienone is 1. The smallest absolute Gasteiger partial charge is 0.336 e. The van der Waals surface area contributed by atoms with Crippen molar-refractivity contribution in [2.24, 2.45) is 10.9 Å². The average molecular weight is 355 g/mol. The van der Waals surface area contributed by atoms with Gasteiger partial charge in [-0.2, -0.15) is 0 Å². The largest absolute Gasteiger partial charge is 0.549 e. The lowest BCUT2D eigenvalue weighted by Gasteiger charge is -2.33. The first-order valence-electron chi connectivity index (χ1n) is 6.78. The Morgan fingerprint density at radius 3 is 2.43 bits per heavy atom. The quantitative estimate of drug-likeness (QED) is 0.780. The van der Waals surface area contributed by atoms with Crippen molar-refractivity contribution in [3.8, 4) is 0 Å². The molecular formula is C16H14Cl2NO4-. The Bertz CT molecular complexity index is 740. The molecule has 0 spiro atoms. The maximum Gasteiger partial charge on any atom is 0.336 e. The summed E-state index contributed by atoms with van der Waals surface area (Å²) in [6.07, 6.45) is 0. The van der Waals surface area contributed by atoms with E-state index in [9.17, 15) is 14.7 Å². The zero-order valence-corrected chi connectivity index (χ0v) is 14.2. The van der Waals surface area contributed by atoms with E-state index in [4.69, 9.17) is 27.9 Å². The van der Waals surface area contributed by atoms with Crippen LogP contribution in [0.4, 0.5) is 0 Å². The average Bonchev–Trinajstić information content (AvgIpc) is 2.45. The fourth-order valence-electron chi connectivity index (χ4n) is 2.81. The molecule has 5 nitrogen and oxygen atoms in total. The Kier molecular flexibility index (Phi) is 5.12. The first kappa shape index (κ1) is 17.5. The number of aliphatic imine (C=N–C) groups is 1. The minimum atomic E-state index is -1.34. The molecule has 0 saturated heterocycles. The number of methoxy groups -OCH3 is 1. The van der Waals surface area contributed by atoms with Crippen LogP contribution >= 0.6 is 23.2 Å². The number of nitrogens with zero attached hydrogens (tertiary/aromatic N) is 1. The van der Waals surface area contributed by atoms with Crippen LogP contribution in [0.25, 0.3) is 0 Å². The molecule has 2 atom stereocenters. The van der Waals surface area contributed by atoms with Crippen LogP contribution < -0.4 is 5.11 Å². The zero-order valence-electron chi connectivity index (χ0n) is 12.7. The zero-order chi connectivity index (χ0) is 17.3. The van der Waals surface area contributed by atoms with E-state index in [2.05, 4.69) is 4.99 Å². The highest BCUT2D eigenvalue weighted by molar-refractivity contribution is 6.35. The molecule has 0 aliphatic carbocycles. The fourth-order valence-corrected chi connectivity index (χ4v) is 3.33. The van der Waals surface area contributed by atoms with Crippen LogP contribution in [0.1, 0.15) is 25.3 Å². The summed E-state index contributed by atoms with van der Waals surface area (Å²) >= 11 is 12.1. The highest BCUT2D eigenvalue weighted by Crippen LogP contribution is 2.42. The monoisotopic (exact) mass is 354 g/mol. The molecule has 0 fully saturated rings. The normalized spacial score (nSPS) is 21.0. The second kappa shape index (κ2) is 6.72. The predicted molar refractivity (Wildman–Crippen MR) is 85.5 cm³/mol. The summed E-state index contributed by atoms with van der Waals surface area (Å²) in [5, 5.41) is 12.3. The Hall–Kier alpha value is -1.85. The van der Waals surface area contributed by atoms with E-state index in [1.54, 1.807) is 26.0 Å². The molecule has 1 aliphatic rings. The molecule has 2 rings (SSSR count). The van der Waals surface area contributed by atoms with Gasteiger partial charge in [-0.25, -0.2) is 4.79 Å². The molecule has 0 radical (unpaired) electrons. The summed E-state index contributed by atoms with van der Waals surface area (Å²) in [6.45, 7) is 3.20. The molecule has 0 N–H and O–H groups in total. The summed E-state index contributed by atoms with van der Waals surface area (Å²) in [6, 6.07) is 4.68. The van der Waals surface area contributed by atoms with Gasteiger partial charge >= 0.3 is 5.97 Å². The predicted octanol–water partition coefficient (Wildman–Crippen LogP) is 2.36. The molecule has 1 unspecified atom stereocenters. The summed E-state index contributed by atoms with van der Waals surface area (Å²) in [7, 11) is 1.22. The van der Waals surface area contributed by atoms with Gasteiger partial charge in [0, 0.05) is 33.3 Å². The van der Waals surface area contributed by atoms with Gasteiger partial charge in [-0.05, 0) is 31.5 Å². The SMILES string of the molecule is COC(=O)C1=C(C)N=C(C)C(C(=O)[O-])[C@H]1c1ccc(Cl)cc1Cl. The molecule has 1 aromatic rings. The lowest BCUT2D eigenvalue weighted by Crippen LogP contribution is -2.42. The summed E-state index contributed by atoms with van der Waals surface area (Å²) < 4.78 is 4.79. The molecule has 0 aromatic heterocycles. The topological polar surface area (TPSA) is 78.8 Å². The number of hydrogen-bond donors (Lipinski definition) is 0. The standard InChI is InChI=1S/C16H15Cl2NO4/c1-7-12(15(20)21)14(10-5-4-9(17)6-11(10)18)13(8(2)19-7)16(22)23-3/h4-6,12,14H,1-3H3,(H,20,21)/p-1/t12?,14-/m1/s1. The third-order valence-electron chi connectivity index (χ3n) is 3.79. The molecule has 0 saturated carbocycles. The number of hydrogen-bond acceptors (Lipinski definition) is 5. The third kappa shape index (κ3) is 3.26. The first-order valence-corrected chi connectivity index (χ1v) is 7.53. The van der Waals surface area contributed by atoms with Crippen molar-refractivity contribution >= 4 is 40.9 Å². The van der Waals surface area contributed by atoms with Crippen LogP contribution in [0.3, 0.4) is 0 Å². The number of ether oxygens (including phenoxy) is 1. The molecule has 1 heterocycles. The van der Waals surface area contributed by atoms with Crippen LogP contribution in [-0.2, 0) is 14.3 Å². The van der Waals surface area contributed by atoms with E-state index in [-0.39, 0.29) is 10.6 Å². The first-order chi connectivity index (χ1) is 10.8. The van der Waals surface area contributed by atoms with Crippen molar-refractivity contribution in [3.63, 3.8) is 0 Å². The van der Waals surface area contributed by atoms with Crippen molar-refractivity contribution in [1.82, 2.24) is 0 Å². The molecular weight excluding hydrogens is 341 g/mol. The number of benzene rings is 1. The second-order valence-corrected chi connectivity index (χ2v) is 6.03. The molecule has 1 aromatic carbocycles. The lowest BCUT2D eigenvalue weighted by atomic mass is 9.75. The highest BCUT2D eigenvalue weighted by atomic mass is 35.5. The number of carboxylic acid groups (broad SMARTS) is 1. The molecule has 0 bridgehead atoms.